The van der Waals surface area contributed by atoms with Crippen LogP contribution in [0.4, 0.5) is 0 Å². The Morgan fingerprint density at radius 2 is 2.32 bits per heavy atom. The average Bonchev–Trinajstić information content (AvgIpc) is 2.99. The van der Waals surface area contributed by atoms with E-state index in [1.54, 1.807) is 4.68 Å². The van der Waals surface area contributed by atoms with E-state index in [9.17, 15) is 4.79 Å². The van der Waals surface area contributed by atoms with Crippen molar-refractivity contribution < 1.29 is 4.79 Å². The molecule has 1 N–H and O–H groups in total. The van der Waals surface area contributed by atoms with Gasteiger partial charge in [0.15, 0.2) is 0 Å². The zero-order valence-electron chi connectivity index (χ0n) is 10.7. The molecule has 0 saturated carbocycles. The van der Waals surface area contributed by atoms with E-state index in [4.69, 9.17) is 0 Å². The fraction of sp³-hybridized carbons (Fsp3) is 0.385. The van der Waals surface area contributed by atoms with E-state index >= 15 is 0 Å². The van der Waals surface area contributed by atoms with Crippen molar-refractivity contribution in [2.24, 2.45) is 0 Å². The molecule has 1 saturated heterocycles. The Bertz CT molecular complexity index is 607. The zero-order valence-corrected chi connectivity index (χ0v) is 10.7. The molecule has 0 radical (unpaired) electrons. The number of hydrogen-bond donors (Lipinski definition) is 1. The lowest BCUT2D eigenvalue weighted by Crippen LogP contribution is -2.29. The van der Waals surface area contributed by atoms with E-state index in [1.165, 1.54) is 0 Å². The Labute approximate surface area is 110 Å². The fourth-order valence-electron chi connectivity index (χ4n) is 2.23. The van der Waals surface area contributed by atoms with Crippen molar-refractivity contribution in [3.63, 3.8) is 0 Å². The van der Waals surface area contributed by atoms with Crippen LogP contribution in [0.5, 0.6) is 0 Å². The molecule has 6 heteroatoms. The summed E-state index contributed by atoms with van der Waals surface area (Å²) in [5.41, 5.74) is 2.53. The van der Waals surface area contributed by atoms with Gasteiger partial charge in [0.25, 0.3) is 0 Å². The summed E-state index contributed by atoms with van der Waals surface area (Å²) in [6, 6.07) is 5.97. The van der Waals surface area contributed by atoms with Crippen molar-refractivity contribution in [2.45, 2.75) is 32.4 Å². The number of aromatic nitrogens is 4. The number of hydrogen-bond acceptors (Lipinski definition) is 4. The smallest absolute Gasteiger partial charge is 0.220 e. The molecule has 1 atom stereocenters. The minimum absolute atomic E-state index is 0.116. The molecule has 1 fully saturated rings. The van der Waals surface area contributed by atoms with Crippen molar-refractivity contribution in [3.8, 4) is 11.4 Å². The Kier molecular flexibility index (Phi) is 2.98. The molecule has 98 valence electrons. The molecule has 1 amide bonds. The predicted octanol–water partition coefficient (Wildman–Crippen LogP) is 0.927. The predicted molar refractivity (Wildman–Crippen MR) is 69.2 cm³/mol. The van der Waals surface area contributed by atoms with E-state index in [2.05, 4.69) is 20.6 Å². The third-order valence-corrected chi connectivity index (χ3v) is 3.18. The molecular formula is C13H15N5O. The van der Waals surface area contributed by atoms with Gasteiger partial charge in [-0.1, -0.05) is 11.3 Å². The maximum Gasteiger partial charge on any atom is 0.220 e. The number of aryl methyl sites for hydroxylation is 1. The maximum atomic E-state index is 11.1. The maximum absolute atomic E-state index is 11.1. The molecule has 0 aliphatic carbocycles. The summed E-state index contributed by atoms with van der Waals surface area (Å²) < 4.78 is 1.76. The van der Waals surface area contributed by atoms with Gasteiger partial charge in [-0.25, -0.2) is 4.68 Å². The SMILES string of the molecule is Cc1cccc(-c2cn(C[C@@H]3CCC(=O)N3)nn2)n1. The van der Waals surface area contributed by atoms with Crippen molar-refractivity contribution in [1.82, 2.24) is 25.3 Å². The summed E-state index contributed by atoms with van der Waals surface area (Å²) in [4.78, 5) is 15.6. The summed E-state index contributed by atoms with van der Waals surface area (Å²) in [5, 5.41) is 11.1. The van der Waals surface area contributed by atoms with Crippen molar-refractivity contribution in [1.29, 1.82) is 0 Å². The number of amides is 1. The Morgan fingerprint density at radius 3 is 3.05 bits per heavy atom. The Balaban J connectivity index is 1.74. The first-order valence-electron chi connectivity index (χ1n) is 6.34. The van der Waals surface area contributed by atoms with Crippen LogP contribution < -0.4 is 5.32 Å². The molecule has 3 rings (SSSR count). The lowest BCUT2D eigenvalue weighted by Gasteiger charge is -2.08. The van der Waals surface area contributed by atoms with Crippen LogP contribution in [0, 0.1) is 6.92 Å². The first-order chi connectivity index (χ1) is 9.20. The van der Waals surface area contributed by atoms with Crippen LogP contribution in [-0.2, 0) is 11.3 Å². The number of nitrogens with zero attached hydrogens (tertiary/aromatic N) is 4. The first-order valence-corrected chi connectivity index (χ1v) is 6.34. The second kappa shape index (κ2) is 4.79. The van der Waals surface area contributed by atoms with Crippen LogP contribution in [0.2, 0.25) is 0 Å². The van der Waals surface area contributed by atoms with Gasteiger partial charge in [-0.05, 0) is 25.5 Å². The molecular weight excluding hydrogens is 242 g/mol. The average molecular weight is 257 g/mol. The highest BCUT2D eigenvalue weighted by atomic mass is 16.1. The zero-order chi connectivity index (χ0) is 13.2. The lowest BCUT2D eigenvalue weighted by atomic mass is 10.2. The lowest BCUT2D eigenvalue weighted by molar-refractivity contribution is -0.119. The van der Waals surface area contributed by atoms with Crippen molar-refractivity contribution in [3.05, 3.63) is 30.1 Å². The van der Waals surface area contributed by atoms with Gasteiger partial charge < -0.3 is 5.32 Å². The molecule has 0 spiro atoms. The van der Waals surface area contributed by atoms with Gasteiger partial charge in [-0.2, -0.15) is 0 Å². The van der Waals surface area contributed by atoms with Crippen LogP contribution in [0.3, 0.4) is 0 Å². The van der Waals surface area contributed by atoms with Crippen LogP contribution in [0.1, 0.15) is 18.5 Å². The summed E-state index contributed by atoms with van der Waals surface area (Å²) >= 11 is 0. The monoisotopic (exact) mass is 257 g/mol. The second-order valence-electron chi connectivity index (χ2n) is 4.79. The normalized spacial score (nSPS) is 18.6. The summed E-state index contributed by atoms with van der Waals surface area (Å²) in [7, 11) is 0. The van der Waals surface area contributed by atoms with Gasteiger partial charge >= 0.3 is 0 Å². The quantitative estimate of drug-likeness (QED) is 0.887. The van der Waals surface area contributed by atoms with E-state index in [0.717, 1.165) is 23.5 Å². The topological polar surface area (TPSA) is 72.7 Å². The first kappa shape index (κ1) is 11.8. The summed E-state index contributed by atoms with van der Waals surface area (Å²) in [5.74, 6) is 0.116. The highest BCUT2D eigenvalue weighted by molar-refractivity contribution is 5.78. The van der Waals surface area contributed by atoms with Crippen molar-refractivity contribution >= 4 is 5.91 Å². The van der Waals surface area contributed by atoms with Gasteiger partial charge in [0.05, 0.1) is 18.4 Å². The van der Waals surface area contributed by atoms with Gasteiger partial charge in [0, 0.05) is 18.2 Å². The van der Waals surface area contributed by atoms with Crippen LogP contribution in [-0.4, -0.2) is 31.9 Å². The Hall–Kier alpha value is -2.24. The highest BCUT2D eigenvalue weighted by Crippen LogP contribution is 2.14. The van der Waals surface area contributed by atoms with Crippen molar-refractivity contribution in [2.75, 3.05) is 0 Å². The van der Waals surface area contributed by atoms with E-state index in [-0.39, 0.29) is 11.9 Å². The van der Waals surface area contributed by atoms with Gasteiger partial charge in [0.1, 0.15) is 5.69 Å². The van der Waals surface area contributed by atoms with Gasteiger partial charge in [-0.15, -0.1) is 5.10 Å². The molecule has 3 heterocycles. The van der Waals surface area contributed by atoms with Crippen LogP contribution >= 0.6 is 0 Å². The highest BCUT2D eigenvalue weighted by Gasteiger charge is 2.21. The number of pyridine rings is 1. The number of rotatable bonds is 3. The Morgan fingerprint density at radius 1 is 1.42 bits per heavy atom. The minimum Gasteiger partial charge on any atom is -0.351 e. The molecule has 0 aromatic carbocycles. The molecule has 19 heavy (non-hydrogen) atoms. The van der Waals surface area contributed by atoms with E-state index in [0.29, 0.717) is 13.0 Å². The standard InChI is InChI=1S/C13H15N5O/c1-9-3-2-4-11(14-9)12-8-18(17-16-12)7-10-5-6-13(19)15-10/h2-4,8,10H,5-7H2,1H3,(H,15,19)/t10-/m0/s1. The van der Waals surface area contributed by atoms with Gasteiger partial charge in [-0.3, -0.25) is 9.78 Å². The number of nitrogens with one attached hydrogen (secondary N) is 1. The third kappa shape index (κ3) is 2.62. The molecule has 0 unspecified atom stereocenters. The molecule has 0 bridgehead atoms. The summed E-state index contributed by atoms with van der Waals surface area (Å²) in [6.45, 7) is 2.60. The fourth-order valence-corrected chi connectivity index (χ4v) is 2.23. The third-order valence-electron chi connectivity index (χ3n) is 3.18. The second-order valence-corrected chi connectivity index (χ2v) is 4.79. The van der Waals surface area contributed by atoms with E-state index < -0.39 is 0 Å². The largest absolute Gasteiger partial charge is 0.351 e. The van der Waals surface area contributed by atoms with Crippen LogP contribution in [0.15, 0.2) is 24.4 Å². The summed E-state index contributed by atoms with van der Waals surface area (Å²) in [6.07, 6.45) is 3.33. The minimum atomic E-state index is 0.116. The van der Waals surface area contributed by atoms with E-state index in [1.807, 2.05) is 31.3 Å². The number of carbonyl (C=O) groups is 1. The van der Waals surface area contributed by atoms with Gasteiger partial charge in [0.2, 0.25) is 5.91 Å². The molecule has 2 aromatic heterocycles. The molecule has 6 nitrogen and oxygen atoms in total. The molecule has 1 aliphatic rings. The molecule has 2 aromatic rings. The number of carbonyl (C=O) groups excluding carboxylic acids is 1. The molecule has 1 aliphatic heterocycles. The van der Waals surface area contributed by atoms with Crippen LogP contribution in [0.25, 0.3) is 11.4 Å².